The van der Waals surface area contributed by atoms with E-state index in [9.17, 15) is 0 Å². The number of fused-ring (bicyclic) bond motifs is 1. The molecule has 0 amide bonds. The second kappa shape index (κ2) is 4.92. The van der Waals surface area contributed by atoms with Crippen LogP contribution in [0.25, 0.3) is 11.3 Å². The fourth-order valence-electron chi connectivity index (χ4n) is 2.52. The van der Waals surface area contributed by atoms with E-state index in [-0.39, 0.29) is 6.10 Å². The van der Waals surface area contributed by atoms with Crippen LogP contribution in [0.4, 0.5) is 0 Å². The SMILES string of the molecule is NCC1OCCCc2c(-c3cnco3)cccc21. The predicted octanol–water partition coefficient (Wildman–Crippen LogP) is 2.30. The molecule has 2 heterocycles. The van der Waals surface area contributed by atoms with Crippen molar-refractivity contribution in [2.45, 2.75) is 18.9 Å². The summed E-state index contributed by atoms with van der Waals surface area (Å²) in [6, 6.07) is 6.18. The van der Waals surface area contributed by atoms with Crippen LogP contribution < -0.4 is 5.73 Å². The summed E-state index contributed by atoms with van der Waals surface area (Å²) in [5.41, 5.74) is 9.36. The van der Waals surface area contributed by atoms with Gasteiger partial charge in [0.15, 0.2) is 12.2 Å². The molecule has 0 fully saturated rings. The summed E-state index contributed by atoms with van der Waals surface area (Å²) in [6.07, 6.45) is 5.20. The highest BCUT2D eigenvalue weighted by Gasteiger charge is 2.21. The molecule has 0 aliphatic carbocycles. The number of ether oxygens (including phenoxy) is 1. The first-order valence-corrected chi connectivity index (χ1v) is 6.22. The van der Waals surface area contributed by atoms with Crippen molar-refractivity contribution in [3.63, 3.8) is 0 Å². The van der Waals surface area contributed by atoms with Gasteiger partial charge < -0.3 is 14.9 Å². The summed E-state index contributed by atoms with van der Waals surface area (Å²) in [6.45, 7) is 1.26. The van der Waals surface area contributed by atoms with E-state index in [2.05, 4.69) is 17.1 Å². The number of hydrogen-bond acceptors (Lipinski definition) is 4. The van der Waals surface area contributed by atoms with Gasteiger partial charge in [0.25, 0.3) is 0 Å². The van der Waals surface area contributed by atoms with Crippen LogP contribution in [0.2, 0.25) is 0 Å². The molecule has 4 heteroatoms. The molecule has 3 rings (SSSR count). The number of nitrogens with two attached hydrogens (primary N) is 1. The lowest BCUT2D eigenvalue weighted by Gasteiger charge is -2.17. The van der Waals surface area contributed by atoms with Gasteiger partial charge in [0, 0.05) is 18.7 Å². The van der Waals surface area contributed by atoms with E-state index >= 15 is 0 Å². The van der Waals surface area contributed by atoms with Crippen molar-refractivity contribution in [2.24, 2.45) is 5.73 Å². The monoisotopic (exact) mass is 244 g/mol. The third-order valence-corrected chi connectivity index (χ3v) is 3.36. The highest BCUT2D eigenvalue weighted by Crippen LogP contribution is 2.33. The van der Waals surface area contributed by atoms with Crippen LogP contribution in [0, 0.1) is 0 Å². The molecule has 94 valence electrons. The van der Waals surface area contributed by atoms with Crippen LogP contribution in [0.5, 0.6) is 0 Å². The molecule has 1 unspecified atom stereocenters. The summed E-state index contributed by atoms with van der Waals surface area (Å²) >= 11 is 0. The Balaban J connectivity index is 2.12. The van der Waals surface area contributed by atoms with Crippen molar-refractivity contribution >= 4 is 0 Å². The molecule has 0 bridgehead atoms. The lowest BCUT2D eigenvalue weighted by Crippen LogP contribution is -2.16. The van der Waals surface area contributed by atoms with Gasteiger partial charge in [-0.3, -0.25) is 0 Å². The van der Waals surface area contributed by atoms with E-state index < -0.39 is 0 Å². The molecular weight excluding hydrogens is 228 g/mol. The van der Waals surface area contributed by atoms with Gasteiger partial charge in [0.1, 0.15) is 0 Å². The van der Waals surface area contributed by atoms with Gasteiger partial charge in [-0.15, -0.1) is 0 Å². The van der Waals surface area contributed by atoms with E-state index in [1.807, 2.05) is 6.07 Å². The van der Waals surface area contributed by atoms with Crippen LogP contribution in [0.15, 0.2) is 35.2 Å². The van der Waals surface area contributed by atoms with Gasteiger partial charge in [-0.25, -0.2) is 4.98 Å². The Labute approximate surface area is 106 Å². The molecule has 1 aliphatic rings. The summed E-state index contributed by atoms with van der Waals surface area (Å²) in [4.78, 5) is 3.99. The largest absolute Gasteiger partial charge is 0.444 e. The Morgan fingerprint density at radius 3 is 3.11 bits per heavy atom. The number of nitrogens with zero attached hydrogens (tertiary/aromatic N) is 1. The summed E-state index contributed by atoms with van der Waals surface area (Å²) < 4.78 is 11.2. The molecule has 1 aliphatic heterocycles. The third kappa shape index (κ3) is 1.94. The second-order valence-corrected chi connectivity index (χ2v) is 4.44. The number of oxazole rings is 1. The van der Waals surface area contributed by atoms with Gasteiger partial charge >= 0.3 is 0 Å². The molecule has 0 spiro atoms. The fourth-order valence-corrected chi connectivity index (χ4v) is 2.52. The standard InChI is InChI=1S/C14H16N2O2/c15-7-13-11-3-1-4-12(14-8-16-9-18-14)10(11)5-2-6-17-13/h1,3-4,8-9,13H,2,5-7,15H2. The Hall–Kier alpha value is -1.65. The first-order chi connectivity index (χ1) is 8.90. The Morgan fingerprint density at radius 1 is 1.39 bits per heavy atom. The maximum Gasteiger partial charge on any atom is 0.181 e. The molecule has 2 N–H and O–H groups in total. The number of benzene rings is 1. The molecular formula is C14H16N2O2. The Morgan fingerprint density at radius 2 is 2.33 bits per heavy atom. The summed E-state index contributed by atoms with van der Waals surface area (Å²) in [5, 5.41) is 0. The van der Waals surface area contributed by atoms with Gasteiger partial charge in [0.2, 0.25) is 0 Å². The first kappa shape index (κ1) is 11.4. The zero-order chi connectivity index (χ0) is 12.4. The molecule has 0 saturated carbocycles. The van der Waals surface area contributed by atoms with Crippen molar-refractivity contribution in [3.8, 4) is 11.3 Å². The third-order valence-electron chi connectivity index (χ3n) is 3.36. The lowest BCUT2D eigenvalue weighted by atomic mass is 9.93. The molecule has 1 atom stereocenters. The van der Waals surface area contributed by atoms with Crippen molar-refractivity contribution in [2.75, 3.05) is 13.2 Å². The minimum Gasteiger partial charge on any atom is -0.444 e. The van der Waals surface area contributed by atoms with Gasteiger partial charge in [-0.05, 0) is 24.0 Å². The molecule has 0 saturated heterocycles. The van der Waals surface area contributed by atoms with Gasteiger partial charge in [-0.1, -0.05) is 18.2 Å². The summed E-state index contributed by atoms with van der Waals surface area (Å²) in [5.74, 6) is 0.810. The van der Waals surface area contributed by atoms with Crippen LogP contribution in [0.1, 0.15) is 23.7 Å². The van der Waals surface area contributed by atoms with E-state index in [1.54, 1.807) is 6.20 Å². The van der Waals surface area contributed by atoms with E-state index in [0.29, 0.717) is 6.54 Å². The molecule has 18 heavy (non-hydrogen) atoms. The normalized spacial score (nSPS) is 19.3. The van der Waals surface area contributed by atoms with Gasteiger partial charge in [0.05, 0.1) is 12.3 Å². The number of aromatic nitrogens is 1. The molecule has 4 nitrogen and oxygen atoms in total. The quantitative estimate of drug-likeness (QED) is 0.880. The second-order valence-electron chi connectivity index (χ2n) is 4.44. The molecule has 1 aromatic carbocycles. The maximum absolute atomic E-state index is 5.80. The average Bonchev–Trinajstić information content (AvgIpc) is 2.85. The van der Waals surface area contributed by atoms with Crippen LogP contribution >= 0.6 is 0 Å². The van der Waals surface area contributed by atoms with Crippen molar-refractivity contribution in [1.82, 2.24) is 4.98 Å². The summed E-state index contributed by atoms with van der Waals surface area (Å²) in [7, 11) is 0. The average molecular weight is 244 g/mol. The highest BCUT2D eigenvalue weighted by molar-refractivity contribution is 5.63. The minimum atomic E-state index is -0.00892. The zero-order valence-electron chi connectivity index (χ0n) is 10.1. The molecule has 0 radical (unpaired) electrons. The molecule has 2 aromatic rings. The van der Waals surface area contributed by atoms with Crippen molar-refractivity contribution < 1.29 is 9.15 Å². The van der Waals surface area contributed by atoms with Crippen LogP contribution in [-0.2, 0) is 11.2 Å². The molecule has 1 aromatic heterocycles. The van der Waals surface area contributed by atoms with E-state index in [0.717, 1.165) is 30.8 Å². The highest BCUT2D eigenvalue weighted by atomic mass is 16.5. The Kier molecular flexibility index (Phi) is 3.13. The maximum atomic E-state index is 5.80. The number of hydrogen-bond donors (Lipinski definition) is 1. The van der Waals surface area contributed by atoms with Crippen molar-refractivity contribution in [1.29, 1.82) is 0 Å². The zero-order valence-corrected chi connectivity index (χ0v) is 10.1. The van der Waals surface area contributed by atoms with E-state index in [1.165, 1.54) is 17.5 Å². The smallest absolute Gasteiger partial charge is 0.181 e. The van der Waals surface area contributed by atoms with Crippen LogP contribution in [0.3, 0.4) is 0 Å². The first-order valence-electron chi connectivity index (χ1n) is 6.22. The fraction of sp³-hybridized carbons (Fsp3) is 0.357. The van der Waals surface area contributed by atoms with Crippen LogP contribution in [-0.4, -0.2) is 18.1 Å². The Bertz CT molecular complexity index is 523. The van der Waals surface area contributed by atoms with Gasteiger partial charge in [-0.2, -0.15) is 0 Å². The van der Waals surface area contributed by atoms with E-state index in [4.69, 9.17) is 14.9 Å². The lowest BCUT2D eigenvalue weighted by molar-refractivity contribution is 0.0627. The minimum absolute atomic E-state index is 0.00892. The topological polar surface area (TPSA) is 61.3 Å². The number of rotatable bonds is 2. The van der Waals surface area contributed by atoms with Crippen molar-refractivity contribution in [3.05, 3.63) is 41.9 Å². The predicted molar refractivity (Wildman–Crippen MR) is 68.0 cm³/mol.